The number of hydrogen-bond acceptors (Lipinski definition) is 6. The zero-order valence-electron chi connectivity index (χ0n) is 20.1. The summed E-state index contributed by atoms with van der Waals surface area (Å²) in [5.41, 5.74) is 2.81. The number of ether oxygens (including phenoxy) is 3. The summed E-state index contributed by atoms with van der Waals surface area (Å²) in [5.74, 6) is -0.0884. The Morgan fingerprint density at radius 1 is 1.03 bits per heavy atom. The van der Waals surface area contributed by atoms with Crippen LogP contribution in [0.2, 0.25) is 0 Å². The topological polar surface area (TPSA) is 65.1 Å². The number of hydrogen-bond donors (Lipinski definition) is 0. The lowest BCUT2D eigenvalue weighted by Gasteiger charge is -2.43. The number of esters is 2. The number of rotatable bonds is 8. The van der Waals surface area contributed by atoms with E-state index in [1.807, 2.05) is 52.1 Å². The minimum atomic E-state index is -0.545. The van der Waals surface area contributed by atoms with E-state index >= 15 is 0 Å². The quantitative estimate of drug-likeness (QED) is 0.324. The highest BCUT2D eigenvalue weighted by atomic mass is 16.5. The Balaban J connectivity index is 1.62. The molecule has 0 bridgehead atoms. The Bertz CT molecular complexity index is 998. The number of carbonyl (C=O) groups excluding carboxylic acids is 2. The SMILES string of the molecule is C=C(C)C(=O)OCC1(CN(C)c2ccc(-c3ccc(OC(=O)C(C)(C)C)cc3)cc2)COC1. The van der Waals surface area contributed by atoms with Crippen LogP contribution >= 0.6 is 0 Å². The lowest BCUT2D eigenvalue weighted by molar-refractivity contribution is -0.163. The second kappa shape index (κ2) is 9.79. The third-order valence-corrected chi connectivity index (χ3v) is 5.57. The largest absolute Gasteiger partial charge is 0.462 e. The molecule has 1 fully saturated rings. The van der Waals surface area contributed by atoms with Crippen molar-refractivity contribution in [2.75, 3.05) is 38.3 Å². The second-order valence-electron chi connectivity index (χ2n) is 9.92. The Hall–Kier alpha value is -3.12. The van der Waals surface area contributed by atoms with Crippen molar-refractivity contribution < 1.29 is 23.8 Å². The first kappa shape index (κ1) is 24.5. The van der Waals surface area contributed by atoms with Gasteiger partial charge in [0.15, 0.2) is 0 Å². The van der Waals surface area contributed by atoms with Gasteiger partial charge in [-0.2, -0.15) is 0 Å². The highest BCUT2D eigenvalue weighted by molar-refractivity contribution is 5.87. The molecule has 1 saturated heterocycles. The standard InChI is InChI=1S/C27H33NO5/c1-19(2)24(29)32-18-27(16-31-17-27)15-28(6)22-11-7-20(8-12-22)21-9-13-23(14-10-21)33-25(30)26(3,4)5/h7-14H,1,15-18H2,2-6H3. The first-order valence-corrected chi connectivity index (χ1v) is 11.0. The highest BCUT2D eigenvalue weighted by Gasteiger charge is 2.41. The molecule has 0 aromatic heterocycles. The van der Waals surface area contributed by atoms with Gasteiger partial charge < -0.3 is 19.1 Å². The molecule has 0 saturated carbocycles. The van der Waals surface area contributed by atoms with Gasteiger partial charge in [-0.3, -0.25) is 4.79 Å². The van der Waals surface area contributed by atoms with Crippen molar-refractivity contribution in [1.29, 1.82) is 0 Å². The first-order chi connectivity index (χ1) is 15.5. The Labute approximate surface area is 196 Å². The molecule has 6 heteroatoms. The summed E-state index contributed by atoms with van der Waals surface area (Å²) in [7, 11) is 2.02. The van der Waals surface area contributed by atoms with Gasteiger partial charge in [0.05, 0.1) is 24.0 Å². The number of anilines is 1. The molecular weight excluding hydrogens is 418 g/mol. The summed E-state index contributed by atoms with van der Waals surface area (Å²) < 4.78 is 16.3. The molecule has 1 heterocycles. The van der Waals surface area contributed by atoms with Crippen LogP contribution in [0.5, 0.6) is 5.75 Å². The Kier molecular flexibility index (Phi) is 7.28. The fourth-order valence-electron chi connectivity index (χ4n) is 3.43. The van der Waals surface area contributed by atoms with Crippen LogP contribution in [0.3, 0.4) is 0 Å². The Morgan fingerprint density at radius 3 is 2.03 bits per heavy atom. The lowest BCUT2D eigenvalue weighted by atomic mass is 9.86. The third-order valence-electron chi connectivity index (χ3n) is 5.57. The van der Waals surface area contributed by atoms with Gasteiger partial charge in [0.2, 0.25) is 0 Å². The monoisotopic (exact) mass is 451 g/mol. The van der Waals surface area contributed by atoms with E-state index in [1.165, 1.54) is 0 Å². The van der Waals surface area contributed by atoms with Crippen molar-refractivity contribution >= 4 is 17.6 Å². The van der Waals surface area contributed by atoms with Gasteiger partial charge in [0, 0.05) is 24.9 Å². The molecule has 2 aromatic carbocycles. The van der Waals surface area contributed by atoms with E-state index in [2.05, 4.69) is 35.7 Å². The van der Waals surface area contributed by atoms with Crippen LogP contribution in [0.15, 0.2) is 60.7 Å². The molecule has 0 radical (unpaired) electrons. The van der Waals surface area contributed by atoms with Crippen LogP contribution < -0.4 is 9.64 Å². The summed E-state index contributed by atoms with van der Waals surface area (Å²) in [5, 5.41) is 0. The van der Waals surface area contributed by atoms with E-state index in [4.69, 9.17) is 14.2 Å². The maximum Gasteiger partial charge on any atom is 0.333 e. The maximum atomic E-state index is 12.1. The van der Waals surface area contributed by atoms with E-state index in [0.29, 0.717) is 37.7 Å². The zero-order valence-corrected chi connectivity index (χ0v) is 20.1. The third kappa shape index (κ3) is 6.23. The summed E-state index contributed by atoms with van der Waals surface area (Å²) >= 11 is 0. The molecule has 0 unspecified atom stereocenters. The van der Waals surface area contributed by atoms with E-state index in [9.17, 15) is 9.59 Å². The van der Waals surface area contributed by atoms with Crippen molar-refractivity contribution in [2.45, 2.75) is 27.7 Å². The van der Waals surface area contributed by atoms with Gasteiger partial charge in [-0.25, -0.2) is 4.79 Å². The van der Waals surface area contributed by atoms with E-state index < -0.39 is 5.41 Å². The molecule has 3 rings (SSSR count). The molecule has 1 aliphatic rings. The minimum Gasteiger partial charge on any atom is -0.462 e. The van der Waals surface area contributed by atoms with E-state index in [0.717, 1.165) is 16.8 Å². The molecule has 0 amide bonds. The zero-order chi connectivity index (χ0) is 24.2. The summed E-state index contributed by atoms with van der Waals surface area (Å²) in [6, 6.07) is 15.8. The van der Waals surface area contributed by atoms with Crippen molar-refractivity contribution in [1.82, 2.24) is 0 Å². The van der Waals surface area contributed by atoms with Crippen LogP contribution in [0, 0.1) is 10.8 Å². The molecule has 2 aromatic rings. The van der Waals surface area contributed by atoms with Gasteiger partial charge in [-0.15, -0.1) is 0 Å². The smallest absolute Gasteiger partial charge is 0.333 e. The fourth-order valence-corrected chi connectivity index (χ4v) is 3.43. The average molecular weight is 452 g/mol. The Morgan fingerprint density at radius 2 is 1.58 bits per heavy atom. The molecule has 6 nitrogen and oxygen atoms in total. The molecule has 176 valence electrons. The molecule has 0 atom stereocenters. The maximum absolute atomic E-state index is 12.1. The predicted octanol–water partition coefficient (Wildman–Crippen LogP) is 4.88. The highest BCUT2D eigenvalue weighted by Crippen LogP contribution is 2.32. The first-order valence-electron chi connectivity index (χ1n) is 11.0. The number of carbonyl (C=O) groups is 2. The van der Waals surface area contributed by atoms with Crippen LogP contribution in [0.25, 0.3) is 11.1 Å². The van der Waals surface area contributed by atoms with Crippen LogP contribution in [0.1, 0.15) is 27.7 Å². The predicted molar refractivity (Wildman–Crippen MR) is 129 cm³/mol. The van der Waals surface area contributed by atoms with Crippen molar-refractivity contribution in [2.24, 2.45) is 10.8 Å². The fraction of sp³-hybridized carbons (Fsp3) is 0.407. The van der Waals surface area contributed by atoms with Crippen molar-refractivity contribution in [3.05, 3.63) is 60.7 Å². The van der Waals surface area contributed by atoms with Crippen molar-refractivity contribution in [3.63, 3.8) is 0 Å². The summed E-state index contributed by atoms with van der Waals surface area (Å²) in [4.78, 5) is 26.0. The van der Waals surface area contributed by atoms with Crippen LogP contribution in [0.4, 0.5) is 5.69 Å². The lowest BCUT2D eigenvalue weighted by Crippen LogP contribution is -2.53. The molecular formula is C27H33NO5. The molecule has 0 aliphatic carbocycles. The van der Waals surface area contributed by atoms with Gasteiger partial charge in [-0.05, 0) is 63.1 Å². The van der Waals surface area contributed by atoms with Crippen LogP contribution in [-0.2, 0) is 19.1 Å². The van der Waals surface area contributed by atoms with E-state index in [-0.39, 0.29) is 17.4 Å². The molecule has 0 spiro atoms. The van der Waals surface area contributed by atoms with Gasteiger partial charge in [0.25, 0.3) is 0 Å². The normalized spacial score (nSPS) is 14.7. The second-order valence-corrected chi connectivity index (χ2v) is 9.92. The van der Waals surface area contributed by atoms with E-state index in [1.54, 1.807) is 6.92 Å². The summed E-state index contributed by atoms with van der Waals surface area (Å²) in [6.45, 7) is 12.9. The van der Waals surface area contributed by atoms with Crippen molar-refractivity contribution in [3.8, 4) is 16.9 Å². The van der Waals surface area contributed by atoms with Crippen LogP contribution in [-0.4, -0.2) is 45.4 Å². The summed E-state index contributed by atoms with van der Waals surface area (Å²) in [6.07, 6.45) is 0. The number of nitrogens with zero attached hydrogens (tertiary/aromatic N) is 1. The number of benzene rings is 2. The average Bonchev–Trinajstić information content (AvgIpc) is 2.75. The molecule has 0 N–H and O–H groups in total. The van der Waals surface area contributed by atoms with Gasteiger partial charge in [0.1, 0.15) is 12.4 Å². The molecule has 33 heavy (non-hydrogen) atoms. The van der Waals surface area contributed by atoms with Gasteiger partial charge >= 0.3 is 11.9 Å². The minimum absolute atomic E-state index is 0.209. The molecule has 1 aliphatic heterocycles. The van der Waals surface area contributed by atoms with Gasteiger partial charge in [-0.1, -0.05) is 30.8 Å².